The van der Waals surface area contributed by atoms with Crippen LogP contribution in [0, 0.1) is 6.92 Å². The van der Waals surface area contributed by atoms with Gasteiger partial charge >= 0.3 is 0 Å². The molecule has 0 spiro atoms. The third kappa shape index (κ3) is 3.91. The summed E-state index contributed by atoms with van der Waals surface area (Å²) in [6, 6.07) is 3.78. The number of hydrogen-bond donors (Lipinski definition) is 3. The van der Waals surface area contributed by atoms with Gasteiger partial charge in [0.2, 0.25) is 0 Å². The average Bonchev–Trinajstić information content (AvgIpc) is 3.00. The maximum atomic E-state index is 12.5. The first-order chi connectivity index (χ1) is 9.94. The van der Waals surface area contributed by atoms with Crippen molar-refractivity contribution in [3.8, 4) is 0 Å². The van der Waals surface area contributed by atoms with E-state index in [9.17, 15) is 8.42 Å². The minimum atomic E-state index is -3.62. The summed E-state index contributed by atoms with van der Waals surface area (Å²) in [4.78, 5) is 1.15. The van der Waals surface area contributed by atoms with Gasteiger partial charge in [0.1, 0.15) is 0 Å². The molecule has 2 heterocycles. The second kappa shape index (κ2) is 6.69. The Morgan fingerprint density at radius 2 is 2.24 bits per heavy atom. The number of thiophene rings is 1. The number of aryl methyl sites for hydroxylation is 1. The Morgan fingerprint density at radius 3 is 2.86 bits per heavy atom. The van der Waals surface area contributed by atoms with Crippen LogP contribution in [-0.4, -0.2) is 31.7 Å². The molecule has 21 heavy (non-hydrogen) atoms. The van der Waals surface area contributed by atoms with Gasteiger partial charge in [-0.25, -0.2) is 13.1 Å². The third-order valence-corrected chi connectivity index (χ3v) is 5.55. The lowest BCUT2D eigenvalue weighted by Crippen LogP contribution is -2.34. The van der Waals surface area contributed by atoms with Crippen LogP contribution >= 0.6 is 11.3 Å². The molecule has 0 aliphatic rings. The van der Waals surface area contributed by atoms with Crippen LogP contribution in [0.25, 0.3) is 0 Å². The van der Waals surface area contributed by atoms with Gasteiger partial charge in [0, 0.05) is 28.7 Å². The highest BCUT2D eigenvalue weighted by molar-refractivity contribution is 7.89. The summed E-state index contributed by atoms with van der Waals surface area (Å²) in [7, 11) is -1.85. The van der Waals surface area contributed by atoms with Crippen LogP contribution in [0.3, 0.4) is 0 Å². The predicted molar refractivity (Wildman–Crippen MR) is 83.9 cm³/mol. The molecule has 0 fully saturated rings. The largest absolute Gasteiger partial charge is 0.316 e. The molecule has 0 aromatic carbocycles. The van der Waals surface area contributed by atoms with E-state index in [1.165, 1.54) is 0 Å². The number of sulfonamides is 1. The number of nitrogens with zero attached hydrogens (tertiary/aromatic N) is 1. The molecule has 6 nitrogen and oxygen atoms in total. The Balaban J connectivity index is 2.14. The van der Waals surface area contributed by atoms with E-state index in [1.54, 1.807) is 18.4 Å². The Bertz CT molecular complexity index is 677. The summed E-state index contributed by atoms with van der Waals surface area (Å²) in [5.74, 6) is 0. The molecule has 2 aromatic rings. The summed E-state index contributed by atoms with van der Waals surface area (Å²) < 4.78 is 27.6. The third-order valence-electron chi connectivity index (χ3n) is 3.09. The first-order valence-electron chi connectivity index (χ1n) is 6.67. The topological polar surface area (TPSA) is 86.9 Å². The normalized spacial score (nSPS) is 13.5. The minimum Gasteiger partial charge on any atom is -0.316 e. The molecule has 2 rings (SSSR count). The van der Waals surface area contributed by atoms with Crippen molar-refractivity contribution >= 4 is 21.4 Å². The smallest absolute Gasteiger partial charge is 0.260 e. The van der Waals surface area contributed by atoms with Crippen LogP contribution in [0.1, 0.15) is 23.1 Å². The Labute approximate surface area is 129 Å². The lowest BCUT2D eigenvalue weighted by Gasteiger charge is -2.13. The Kier molecular flexibility index (Phi) is 5.15. The predicted octanol–water partition coefficient (Wildman–Crippen LogP) is 1.41. The van der Waals surface area contributed by atoms with Gasteiger partial charge in [-0.1, -0.05) is 6.07 Å². The molecular formula is C13H20N4O2S2. The van der Waals surface area contributed by atoms with Crippen LogP contribution in [-0.2, 0) is 23.0 Å². The Morgan fingerprint density at radius 1 is 1.48 bits per heavy atom. The van der Waals surface area contributed by atoms with Crippen LogP contribution in [0.4, 0.5) is 0 Å². The van der Waals surface area contributed by atoms with E-state index < -0.39 is 10.0 Å². The fourth-order valence-corrected chi connectivity index (χ4v) is 4.41. The van der Waals surface area contributed by atoms with Gasteiger partial charge in [-0.3, -0.25) is 5.10 Å². The summed E-state index contributed by atoms with van der Waals surface area (Å²) in [5, 5.41) is 11.7. The highest BCUT2D eigenvalue weighted by Gasteiger charge is 2.25. The quantitative estimate of drug-likeness (QED) is 0.717. The summed E-state index contributed by atoms with van der Waals surface area (Å²) in [6.07, 6.45) is 0.668. The van der Waals surface area contributed by atoms with Crippen LogP contribution in [0.15, 0.2) is 22.5 Å². The second-order valence-corrected chi connectivity index (χ2v) is 7.63. The second-order valence-electron chi connectivity index (χ2n) is 4.97. The molecule has 3 N–H and O–H groups in total. The van der Waals surface area contributed by atoms with Gasteiger partial charge in [0.05, 0.1) is 0 Å². The van der Waals surface area contributed by atoms with Crippen molar-refractivity contribution in [3.63, 3.8) is 0 Å². The summed E-state index contributed by atoms with van der Waals surface area (Å²) in [5.41, 5.74) is 1.43. The highest BCUT2D eigenvalue weighted by Crippen LogP contribution is 2.17. The van der Waals surface area contributed by atoms with Crippen molar-refractivity contribution in [2.24, 2.45) is 0 Å². The lowest BCUT2D eigenvalue weighted by molar-refractivity contribution is 0.555. The van der Waals surface area contributed by atoms with Crippen LogP contribution in [0.5, 0.6) is 0 Å². The molecule has 0 aliphatic carbocycles. The van der Waals surface area contributed by atoms with Crippen LogP contribution < -0.4 is 10.0 Å². The van der Waals surface area contributed by atoms with Crippen molar-refractivity contribution in [1.82, 2.24) is 20.2 Å². The number of hydrogen-bond acceptors (Lipinski definition) is 5. The van der Waals surface area contributed by atoms with Gasteiger partial charge < -0.3 is 5.32 Å². The standard InChI is InChI=1S/C13H20N4O2S2/c1-9(7-11-5-4-6-20-11)17-21(18,19)13-12(8-14-3)10(2)15-16-13/h4-6,9,14,17H,7-8H2,1-3H3,(H,15,16). The summed E-state index contributed by atoms with van der Waals surface area (Å²) >= 11 is 1.62. The van der Waals surface area contributed by atoms with Crippen molar-refractivity contribution < 1.29 is 8.42 Å². The molecule has 8 heteroatoms. The SMILES string of the molecule is CNCc1c(S(=O)(=O)NC(C)Cc2cccs2)n[nH]c1C. The Hall–Kier alpha value is -1.22. The molecule has 0 amide bonds. The number of rotatable bonds is 7. The van der Waals surface area contributed by atoms with E-state index in [4.69, 9.17) is 0 Å². The van der Waals surface area contributed by atoms with Crippen molar-refractivity contribution in [2.75, 3.05) is 7.05 Å². The number of H-pyrrole nitrogens is 1. The fourth-order valence-electron chi connectivity index (χ4n) is 2.13. The van der Waals surface area contributed by atoms with Gasteiger partial charge in [0.25, 0.3) is 10.0 Å². The highest BCUT2D eigenvalue weighted by atomic mass is 32.2. The maximum Gasteiger partial charge on any atom is 0.260 e. The molecule has 0 saturated heterocycles. The van der Waals surface area contributed by atoms with E-state index in [-0.39, 0.29) is 11.1 Å². The molecule has 116 valence electrons. The van der Waals surface area contributed by atoms with Gasteiger partial charge in [-0.15, -0.1) is 11.3 Å². The zero-order valence-electron chi connectivity index (χ0n) is 12.3. The molecule has 1 unspecified atom stereocenters. The number of aromatic nitrogens is 2. The fraction of sp³-hybridized carbons (Fsp3) is 0.462. The van der Waals surface area contributed by atoms with Crippen molar-refractivity contribution in [2.45, 2.75) is 37.9 Å². The number of aromatic amines is 1. The molecular weight excluding hydrogens is 308 g/mol. The monoisotopic (exact) mass is 328 g/mol. The molecule has 2 aromatic heterocycles. The molecule has 1 atom stereocenters. The molecule has 0 bridgehead atoms. The van der Waals surface area contributed by atoms with Crippen molar-refractivity contribution in [3.05, 3.63) is 33.6 Å². The van der Waals surface area contributed by atoms with Gasteiger partial charge in [0.15, 0.2) is 5.03 Å². The van der Waals surface area contributed by atoms with Crippen molar-refractivity contribution in [1.29, 1.82) is 0 Å². The zero-order chi connectivity index (χ0) is 15.5. The van der Waals surface area contributed by atoms with E-state index in [2.05, 4.69) is 20.2 Å². The molecule has 0 saturated carbocycles. The van der Waals surface area contributed by atoms with E-state index in [0.717, 1.165) is 10.6 Å². The zero-order valence-corrected chi connectivity index (χ0v) is 13.9. The number of nitrogens with one attached hydrogen (secondary N) is 3. The minimum absolute atomic E-state index is 0.0763. The average molecular weight is 328 g/mol. The van der Waals surface area contributed by atoms with Crippen LogP contribution in [0.2, 0.25) is 0 Å². The first-order valence-corrected chi connectivity index (χ1v) is 9.03. The lowest BCUT2D eigenvalue weighted by atomic mass is 10.2. The van der Waals surface area contributed by atoms with Gasteiger partial charge in [-0.2, -0.15) is 5.10 Å². The molecule has 0 aliphatic heterocycles. The first kappa shape index (κ1) is 16.2. The summed E-state index contributed by atoms with van der Waals surface area (Å²) in [6.45, 7) is 4.13. The maximum absolute atomic E-state index is 12.5. The van der Waals surface area contributed by atoms with Gasteiger partial charge in [-0.05, 0) is 38.8 Å². The van der Waals surface area contributed by atoms with E-state index in [0.29, 0.717) is 18.5 Å². The van der Waals surface area contributed by atoms with E-state index in [1.807, 2.05) is 31.4 Å². The molecule has 0 radical (unpaired) electrons. The van der Waals surface area contributed by atoms with E-state index >= 15 is 0 Å².